The van der Waals surface area contributed by atoms with Gasteiger partial charge in [-0.05, 0) is 29.9 Å². The molecule has 0 amide bonds. The molecule has 0 aliphatic rings. The Morgan fingerprint density at radius 2 is 1.89 bits per heavy atom. The van der Waals surface area contributed by atoms with Crippen LogP contribution in [-0.2, 0) is 16.5 Å². The van der Waals surface area contributed by atoms with Crippen molar-refractivity contribution >= 4 is 20.9 Å². The number of unbranched alkanes of at least 4 members (excludes halogenated alkanes) is 2. The third-order valence-corrected chi connectivity index (χ3v) is 4.16. The van der Waals surface area contributed by atoms with Gasteiger partial charge in [-0.2, -0.15) is 8.42 Å². The fraction of sp³-hybridized carbons (Fsp3) is 0.333. The van der Waals surface area contributed by atoms with Gasteiger partial charge in [-0.15, -0.1) is 0 Å². The van der Waals surface area contributed by atoms with Crippen molar-refractivity contribution in [2.45, 2.75) is 37.5 Å². The van der Waals surface area contributed by atoms with Crippen LogP contribution in [0.5, 0.6) is 0 Å². The first-order valence-corrected chi connectivity index (χ1v) is 7.95. The summed E-state index contributed by atoms with van der Waals surface area (Å²) in [6.07, 6.45) is 4.52. The summed E-state index contributed by atoms with van der Waals surface area (Å²) in [5.74, 6) is 0. The van der Waals surface area contributed by atoms with Crippen LogP contribution in [0.15, 0.2) is 41.3 Å². The van der Waals surface area contributed by atoms with Gasteiger partial charge < -0.3 is 0 Å². The number of fused-ring (bicyclic) bond motifs is 1. The Morgan fingerprint density at radius 3 is 2.58 bits per heavy atom. The Balaban J connectivity index is 2.40. The molecule has 0 heterocycles. The fourth-order valence-electron chi connectivity index (χ4n) is 2.26. The molecule has 2 aromatic carbocycles. The van der Waals surface area contributed by atoms with Crippen LogP contribution in [0.1, 0.15) is 31.7 Å². The average molecular weight is 278 g/mol. The third-order valence-electron chi connectivity index (χ3n) is 3.25. The van der Waals surface area contributed by atoms with E-state index in [1.807, 2.05) is 18.2 Å². The van der Waals surface area contributed by atoms with E-state index in [-0.39, 0.29) is 4.90 Å². The summed E-state index contributed by atoms with van der Waals surface area (Å²) in [5, 5.41) is 1.42. The molecule has 2 aromatic rings. The van der Waals surface area contributed by atoms with Gasteiger partial charge in [-0.1, -0.05) is 50.1 Å². The summed E-state index contributed by atoms with van der Waals surface area (Å²) in [7, 11) is -4.16. The lowest BCUT2D eigenvalue weighted by Crippen LogP contribution is -1.99. The second-order valence-electron chi connectivity index (χ2n) is 4.74. The van der Waals surface area contributed by atoms with Crippen LogP contribution in [0.2, 0.25) is 0 Å². The van der Waals surface area contributed by atoms with Gasteiger partial charge in [0.25, 0.3) is 10.1 Å². The Morgan fingerprint density at radius 1 is 1.11 bits per heavy atom. The first kappa shape index (κ1) is 14.0. The minimum Gasteiger partial charge on any atom is -0.282 e. The van der Waals surface area contributed by atoms with E-state index in [0.717, 1.165) is 18.2 Å². The molecule has 0 atom stereocenters. The minimum absolute atomic E-state index is 0.0230. The summed E-state index contributed by atoms with van der Waals surface area (Å²) < 4.78 is 31.8. The molecule has 0 fully saturated rings. The van der Waals surface area contributed by atoms with Crippen molar-refractivity contribution in [2.75, 3.05) is 0 Å². The molecule has 0 aliphatic carbocycles. The Kier molecular flexibility index (Phi) is 4.22. The van der Waals surface area contributed by atoms with Gasteiger partial charge in [-0.25, -0.2) is 0 Å². The first-order valence-electron chi connectivity index (χ1n) is 6.51. The molecule has 1 N–H and O–H groups in total. The highest BCUT2D eigenvalue weighted by Crippen LogP contribution is 2.24. The van der Waals surface area contributed by atoms with Gasteiger partial charge in [0.2, 0.25) is 0 Å². The second-order valence-corrected chi connectivity index (χ2v) is 6.13. The maximum atomic E-state index is 11.3. The molecule has 0 radical (unpaired) electrons. The highest BCUT2D eigenvalue weighted by atomic mass is 32.2. The van der Waals surface area contributed by atoms with Crippen LogP contribution < -0.4 is 0 Å². The topological polar surface area (TPSA) is 54.4 Å². The highest BCUT2D eigenvalue weighted by Gasteiger charge is 2.13. The molecule has 0 aliphatic heterocycles. The monoisotopic (exact) mass is 278 g/mol. The molecule has 102 valence electrons. The zero-order valence-electron chi connectivity index (χ0n) is 11.0. The molecule has 0 saturated carbocycles. The van der Waals surface area contributed by atoms with Crippen LogP contribution in [0.3, 0.4) is 0 Å². The minimum atomic E-state index is -4.16. The van der Waals surface area contributed by atoms with Gasteiger partial charge in [-0.3, -0.25) is 4.55 Å². The summed E-state index contributed by atoms with van der Waals surface area (Å²) in [6.45, 7) is 2.17. The predicted molar refractivity (Wildman–Crippen MR) is 77.0 cm³/mol. The number of hydrogen-bond donors (Lipinski definition) is 1. The Labute approximate surface area is 114 Å². The molecule has 3 nitrogen and oxygen atoms in total. The summed E-state index contributed by atoms with van der Waals surface area (Å²) in [5.41, 5.74) is 1.20. The summed E-state index contributed by atoms with van der Waals surface area (Å²) >= 11 is 0. The van der Waals surface area contributed by atoms with E-state index < -0.39 is 10.1 Å². The Bertz CT molecular complexity index is 675. The molecule has 2 rings (SSSR count). The van der Waals surface area contributed by atoms with Crippen molar-refractivity contribution < 1.29 is 13.0 Å². The van der Waals surface area contributed by atoms with Crippen LogP contribution in [0.4, 0.5) is 0 Å². The van der Waals surface area contributed by atoms with Gasteiger partial charge >= 0.3 is 0 Å². The SMILES string of the molecule is CCCCCc1ccc2c(S(=O)(=O)O)cccc2c1. The van der Waals surface area contributed by atoms with Gasteiger partial charge in [0.05, 0.1) is 0 Å². The maximum absolute atomic E-state index is 11.3. The van der Waals surface area contributed by atoms with Crippen LogP contribution in [-0.4, -0.2) is 13.0 Å². The molecule has 0 bridgehead atoms. The van der Waals surface area contributed by atoms with Crippen molar-refractivity contribution in [1.29, 1.82) is 0 Å². The number of aryl methyl sites for hydroxylation is 1. The molecule has 0 spiro atoms. The van der Waals surface area contributed by atoms with Crippen LogP contribution >= 0.6 is 0 Å². The normalized spacial score (nSPS) is 11.9. The van der Waals surface area contributed by atoms with Gasteiger partial charge in [0.15, 0.2) is 0 Å². The zero-order chi connectivity index (χ0) is 13.9. The molecular formula is C15H18O3S. The van der Waals surface area contributed by atoms with Gasteiger partial charge in [0.1, 0.15) is 4.90 Å². The van der Waals surface area contributed by atoms with Crippen LogP contribution in [0, 0.1) is 0 Å². The quantitative estimate of drug-likeness (QED) is 0.668. The van der Waals surface area contributed by atoms with Crippen molar-refractivity contribution in [3.05, 3.63) is 42.0 Å². The lowest BCUT2D eigenvalue weighted by atomic mass is 10.0. The number of rotatable bonds is 5. The van der Waals surface area contributed by atoms with E-state index in [9.17, 15) is 13.0 Å². The predicted octanol–water partition coefficient (Wildman–Crippen LogP) is 3.82. The third kappa shape index (κ3) is 3.33. The second kappa shape index (κ2) is 5.72. The summed E-state index contributed by atoms with van der Waals surface area (Å²) in [6, 6.07) is 10.7. The van der Waals surface area contributed by atoms with E-state index in [0.29, 0.717) is 5.39 Å². The molecule has 19 heavy (non-hydrogen) atoms. The van der Waals surface area contributed by atoms with Crippen molar-refractivity contribution in [3.63, 3.8) is 0 Å². The van der Waals surface area contributed by atoms with E-state index in [1.165, 1.54) is 24.5 Å². The molecule has 0 saturated heterocycles. The zero-order valence-corrected chi connectivity index (χ0v) is 11.8. The van der Waals surface area contributed by atoms with E-state index in [4.69, 9.17) is 0 Å². The lowest BCUT2D eigenvalue weighted by molar-refractivity contribution is 0.484. The number of hydrogen-bond acceptors (Lipinski definition) is 2. The number of benzene rings is 2. The van der Waals surface area contributed by atoms with E-state index in [1.54, 1.807) is 12.1 Å². The maximum Gasteiger partial charge on any atom is 0.295 e. The molecular weight excluding hydrogens is 260 g/mol. The summed E-state index contributed by atoms with van der Waals surface area (Å²) in [4.78, 5) is -0.0230. The van der Waals surface area contributed by atoms with Crippen molar-refractivity contribution in [2.24, 2.45) is 0 Å². The smallest absolute Gasteiger partial charge is 0.282 e. The van der Waals surface area contributed by atoms with Crippen molar-refractivity contribution in [1.82, 2.24) is 0 Å². The Hall–Kier alpha value is -1.39. The molecule has 0 aromatic heterocycles. The molecule has 4 heteroatoms. The van der Waals surface area contributed by atoms with Crippen LogP contribution in [0.25, 0.3) is 10.8 Å². The largest absolute Gasteiger partial charge is 0.295 e. The van der Waals surface area contributed by atoms with Gasteiger partial charge in [0, 0.05) is 5.39 Å². The van der Waals surface area contributed by atoms with Crippen molar-refractivity contribution in [3.8, 4) is 0 Å². The van der Waals surface area contributed by atoms with E-state index >= 15 is 0 Å². The highest BCUT2D eigenvalue weighted by molar-refractivity contribution is 7.86. The lowest BCUT2D eigenvalue weighted by Gasteiger charge is -2.06. The fourth-order valence-corrected chi connectivity index (χ4v) is 2.98. The average Bonchev–Trinajstić information content (AvgIpc) is 2.37. The molecule has 0 unspecified atom stereocenters. The first-order chi connectivity index (χ1) is 9.02. The van der Waals surface area contributed by atoms with E-state index in [2.05, 4.69) is 6.92 Å². The standard InChI is InChI=1S/C15H18O3S/c1-2-3-4-6-12-9-10-14-13(11-12)7-5-8-15(14)19(16,17)18/h5,7-11H,2-4,6H2,1H3,(H,16,17,18).